The van der Waals surface area contributed by atoms with E-state index in [1.165, 1.54) is 14.2 Å². The molecule has 0 saturated heterocycles. The van der Waals surface area contributed by atoms with Crippen molar-refractivity contribution < 1.29 is 22.6 Å². The van der Waals surface area contributed by atoms with Crippen LogP contribution in [-0.2, 0) is 12.6 Å². The molecule has 0 radical (unpaired) electrons. The first-order valence-corrected chi connectivity index (χ1v) is 9.51. The van der Waals surface area contributed by atoms with Crippen LogP contribution in [0.5, 0.6) is 11.5 Å². The minimum absolute atomic E-state index is 0.0226. The Bertz CT molecular complexity index is 1020. The summed E-state index contributed by atoms with van der Waals surface area (Å²) in [6, 6.07) is 7.77. The number of rotatable bonds is 7. The monoisotopic (exact) mass is 426 g/mol. The molecule has 0 bridgehead atoms. The number of aromatic amines is 1. The molecule has 2 aromatic carbocycles. The number of aryl methyl sites for hydroxylation is 1. The van der Waals surface area contributed by atoms with Crippen molar-refractivity contribution in [3.05, 3.63) is 46.5 Å². The predicted molar refractivity (Wildman–Crippen MR) is 109 cm³/mol. The maximum Gasteiger partial charge on any atom is 0.418 e. The number of nitrogens with one attached hydrogen (secondary N) is 1. The minimum Gasteiger partial charge on any atom is -0.493 e. The number of benzene rings is 2. The smallest absolute Gasteiger partial charge is 0.418 e. The molecule has 0 aliphatic carbocycles. The molecule has 3 rings (SSSR count). The van der Waals surface area contributed by atoms with Crippen LogP contribution in [0, 0.1) is 0 Å². The second kappa shape index (κ2) is 8.55. The Balaban J connectivity index is 2.26. The van der Waals surface area contributed by atoms with Crippen molar-refractivity contribution in [3.63, 3.8) is 0 Å². The minimum atomic E-state index is -4.53. The number of alkyl halides is 3. The topological polar surface area (TPSA) is 60.3 Å². The lowest BCUT2D eigenvalue weighted by Gasteiger charge is -2.10. The van der Waals surface area contributed by atoms with Crippen LogP contribution in [0.4, 0.5) is 13.2 Å². The highest BCUT2D eigenvalue weighted by molar-refractivity contribution is 6.31. The van der Waals surface area contributed by atoms with Crippen LogP contribution < -0.4 is 15.2 Å². The van der Waals surface area contributed by atoms with Crippen molar-refractivity contribution in [2.24, 2.45) is 5.73 Å². The molecule has 8 heteroatoms. The van der Waals surface area contributed by atoms with Gasteiger partial charge < -0.3 is 20.2 Å². The van der Waals surface area contributed by atoms with E-state index in [0.29, 0.717) is 41.1 Å². The third-order valence-electron chi connectivity index (χ3n) is 4.84. The van der Waals surface area contributed by atoms with Crippen LogP contribution in [0.25, 0.3) is 22.2 Å². The van der Waals surface area contributed by atoms with Gasteiger partial charge in [-0.15, -0.1) is 0 Å². The van der Waals surface area contributed by atoms with Crippen LogP contribution >= 0.6 is 11.6 Å². The van der Waals surface area contributed by atoms with Crippen LogP contribution in [0.3, 0.4) is 0 Å². The molecule has 1 aromatic heterocycles. The number of nitrogens with two attached hydrogens (primary N) is 1. The molecule has 0 unspecified atom stereocenters. The van der Waals surface area contributed by atoms with Crippen LogP contribution in [0.2, 0.25) is 5.02 Å². The van der Waals surface area contributed by atoms with Gasteiger partial charge in [0.1, 0.15) is 0 Å². The fourth-order valence-corrected chi connectivity index (χ4v) is 3.70. The third kappa shape index (κ3) is 4.31. The van der Waals surface area contributed by atoms with Gasteiger partial charge in [-0.05, 0) is 61.7 Å². The Morgan fingerprint density at radius 1 is 1.03 bits per heavy atom. The second-order valence-corrected chi connectivity index (χ2v) is 7.10. The van der Waals surface area contributed by atoms with Crippen molar-refractivity contribution >= 4 is 22.5 Å². The fourth-order valence-electron chi connectivity index (χ4n) is 3.48. The van der Waals surface area contributed by atoms with Gasteiger partial charge in [-0.3, -0.25) is 0 Å². The quantitative estimate of drug-likeness (QED) is 0.469. The summed E-state index contributed by atoms with van der Waals surface area (Å²) in [7, 11) is 3.03. The molecule has 0 fully saturated rings. The fraction of sp³-hybridized carbons (Fsp3) is 0.333. The van der Waals surface area contributed by atoms with Gasteiger partial charge >= 0.3 is 6.18 Å². The van der Waals surface area contributed by atoms with Gasteiger partial charge in [0.25, 0.3) is 0 Å². The van der Waals surface area contributed by atoms with Crippen molar-refractivity contribution in [1.82, 2.24) is 4.98 Å². The first-order valence-electron chi connectivity index (χ1n) is 9.14. The van der Waals surface area contributed by atoms with Crippen molar-refractivity contribution in [1.29, 1.82) is 0 Å². The molecule has 156 valence electrons. The third-order valence-corrected chi connectivity index (χ3v) is 5.06. The van der Waals surface area contributed by atoms with Gasteiger partial charge in [0, 0.05) is 21.7 Å². The highest BCUT2D eigenvalue weighted by atomic mass is 35.5. The number of aromatic nitrogens is 1. The molecule has 0 aliphatic rings. The number of fused-ring (bicyclic) bond motifs is 1. The molecule has 0 atom stereocenters. The van der Waals surface area contributed by atoms with E-state index in [9.17, 15) is 13.2 Å². The van der Waals surface area contributed by atoms with Crippen molar-refractivity contribution in [2.45, 2.75) is 25.4 Å². The predicted octanol–water partition coefficient (Wildman–Crippen LogP) is 5.81. The van der Waals surface area contributed by atoms with E-state index in [-0.39, 0.29) is 10.5 Å². The Kier molecular flexibility index (Phi) is 6.29. The maximum atomic E-state index is 13.6. The van der Waals surface area contributed by atoms with E-state index in [1.807, 2.05) is 0 Å². The zero-order chi connectivity index (χ0) is 21.2. The number of hydrogen-bond donors (Lipinski definition) is 2. The molecule has 4 nitrogen and oxygen atoms in total. The molecule has 29 heavy (non-hydrogen) atoms. The molecular weight excluding hydrogens is 405 g/mol. The Labute approximate surface area is 171 Å². The number of unbranched alkanes of at least 4 members (excludes halogenated alkanes) is 1. The summed E-state index contributed by atoms with van der Waals surface area (Å²) in [5.74, 6) is 1.03. The van der Waals surface area contributed by atoms with Gasteiger partial charge in [-0.2, -0.15) is 13.2 Å². The maximum absolute atomic E-state index is 13.6. The van der Waals surface area contributed by atoms with Crippen molar-refractivity contribution in [2.75, 3.05) is 20.8 Å². The summed E-state index contributed by atoms with van der Waals surface area (Å²) in [6.07, 6.45) is -2.45. The Hall–Kier alpha value is -2.38. The van der Waals surface area contributed by atoms with E-state index in [2.05, 4.69) is 4.98 Å². The van der Waals surface area contributed by atoms with Crippen LogP contribution in [-0.4, -0.2) is 25.7 Å². The van der Waals surface area contributed by atoms with E-state index < -0.39 is 11.7 Å². The average molecular weight is 427 g/mol. The molecular formula is C21H22ClF3N2O2. The van der Waals surface area contributed by atoms with E-state index in [4.69, 9.17) is 26.8 Å². The summed E-state index contributed by atoms with van der Waals surface area (Å²) in [5.41, 5.74) is 6.91. The number of H-pyrrole nitrogens is 1. The molecule has 1 heterocycles. The first kappa shape index (κ1) is 21.3. The summed E-state index contributed by atoms with van der Waals surface area (Å²) in [5, 5.41) is 0.509. The summed E-state index contributed by atoms with van der Waals surface area (Å²) in [6.45, 7) is 0.516. The summed E-state index contributed by atoms with van der Waals surface area (Å²) < 4.78 is 51.5. The average Bonchev–Trinajstić information content (AvgIpc) is 3.04. The largest absolute Gasteiger partial charge is 0.493 e. The molecule has 0 aliphatic heterocycles. The zero-order valence-electron chi connectivity index (χ0n) is 16.1. The normalized spacial score (nSPS) is 11.8. The van der Waals surface area contributed by atoms with Gasteiger partial charge in [-0.1, -0.05) is 11.6 Å². The molecule has 3 N–H and O–H groups in total. The van der Waals surface area contributed by atoms with E-state index in [0.717, 1.165) is 24.5 Å². The lowest BCUT2D eigenvalue weighted by atomic mass is 9.99. The van der Waals surface area contributed by atoms with Crippen LogP contribution in [0.15, 0.2) is 30.3 Å². The zero-order valence-corrected chi connectivity index (χ0v) is 16.9. The lowest BCUT2D eigenvalue weighted by molar-refractivity contribution is -0.136. The number of ether oxygens (including phenoxy) is 2. The number of hydrogen-bond acceptors (Lipinski definition) is 3. The second-order valence-electron chi connectivity index (χ2n) is 6.67. The Morgan fingerprint density at radius 3 is 2.38 bits per heavy atom. The van der Waals surface area contributed by atoms with Gasteiger partial charge in [-0.25, -0.2) is 0 Å². The summed E-state index contributed by atoms with van der Waals surface area (Å²) >= 11 is 6.04. The lowest BCUT2D eigenvalue weighted by Crippen LogP contribution is -2.05. The van der Waals surface area contributed by atoms with Gasteiger partial charge in [0.2, 0.25) is 0 Å². The highest BCUT2D eigenvalue weighted by Gasteiger charge is 2.34. The molecule has 3 aromatic rings. The number of methoxy groups -OCH3 is 2. The number of halogens is 4. The van der Waals surface area contributed by atoms with Crippen molar-refractivity contribution in [3.8, 4) is 22.8 Å². The Morgan fingerprint density at radius 2 is 1.76 bits per heavy atom. The summed E-state index contributed by atoms with van der Waals surface area (Å²) in [4.78, 5) is 2.99. The molecule has 0 saturated carbocycles. The standard InChI is InChI=1S/C21H22ClF3N2O2/c1-28-17-7-6-12(9-18(17)29-2)19-14(5-3-4-8-26)15-10-13(22)11-16(20(15)27-19)21(23,24)25/h6-7,9-11,27H,3-5,8,26H2,1-2H3. The van der Waals surface area contributed by atoms with E-state index in [1.54, 1.807) is 24.3 Å². The van der Waals surface area contributed by atoms with Crippen LogP contribution in [0.1, 0.15) is 24.0 Å². The van der Waals surface area contributed by atoms with Gasteiger partial charge in [0.05, 0.1) is 25.3 Å². The molecule has 0 spiro atoms. The first-order chi connectivity index (χ1) is 13.8. The van der Waals surface area contributed by atoms with E-state index >= 15 is 0 Å². The SMILES string of the molecule is COc1ccc(-c2[nH]c3c(C(F)(F)F)cc(Cl)cc3c2CCCCN)cc1OC. The highest BCUT2D eigenvalue weighted by Crippen LogP contribution is 2.42. The van der Waals surface area contributed by atoms with Gasteiger partial charge in [0.15, 0.2) is 11.5 Å². The molecule has 0 amide bonds.